The molecule has 2 rings (SSSR count). The zero-order chi connectivity index (χ0) is 18.2. The molecule has 0 saturated carbocycles. The van der Waals surface area contributed by atoms with Crippen molar-refractivity contribution >= 4 is 11.6 Å². The normalized spacial score (nSPS) is 11.3. The van der Waals surface area contributed by atoms with Gasteiger partial charge in [0.25, 0.3) is 0 Å². The molecule has 0 fully saturated rings. The van der Waals surface area contributed by atoms with Crippen molar-refractivity contribution in [3.05, 3.63) is 58.6 Å². The van der Waals surface area contributed by atoms with Crippen LogP contribution in [0.15, 0.2) is 42.5 Å². The molecule has 0 aliphatic heterocycles. The Morgan fingerprint density at radius 3 is 2.48 bits per heavy atom. The summed E-state index contributed by atoms with van der Waals surface area (Å²) in [7, 11) is 4.02. The second-order valence-corrected chi connectivity index (χ2v) is 6.71. The Hall–Kier alpha value is -1.75. The number of rotatable bonds is 9. The molecule has 0 unspecified atom stereocenters. The third-order valence-corrected chi connectivity index (χ3v) is 4.40. The van der Waals surface area contributed by atoms with Gasteiger partial charge in [0.1, 0.15) is 18.1 Å². The number of hydrogen-bond donors (Lipinski definition) is 1. The van der Waals surface area contributed by atoms with Gasteiger partial charge in [0.05, 0.1) is 0 Å². The summed E-state index contributed by atoms with van der Waals surface area (Å²) in [5.74, 6) is 1.17. The molecule has 0 spiro atoms. The van der Waals surface area contributed by atoms with Crippen LogP contribution in [0.2, 0.25) is 5.02 Å². The Labute approximate surface area is 155 Å². The van der Waals surface area contributed by atoms with E-state index >= 15 is 0 Å². The monoisotopic (exact) mass is 362 g/mol. The van der Waals surface area contributed by atoms with Gasteiger partial charge in [0, 0.05) is 35.8 Å². The van der Waals surface area contributed by atoms with Crippen LogP contribution in [0.5, 0.6) is 11.5 Å². The van der Waals surface area contributed by atoms with Gasteiger partial charge in [-0.15, -0.1) is 0 Å². The standard InChI is InChI=1S/C20H27ClN2O2/c1-4-23(14-16-8-5-6-10-19(16)24)12-13-25-20-11-7-9-18(21)17(20)15-22(2)3/h5-11,24H,4,12-15H2,1-3H3. The van der Waals surface area contributed by atoms with Gasteiger partial charge >= 0.3 is 0 Å². The van der Waals surface area contributed by atoms with Crippen LogP contribution in [-0.4, -0.2) is 48.7 Å². The molecule has 2 aromatic rings. The molecule has 0 atom stereocenters. The number of halogens is 1. The van der Waals surface area contributed by atoms with E-state index < -0.39 is 0 Å². The minimum absolute atomic E-state index is 0.338. The number of benzene rings is 2. The third kappa shape index (κ3) is 5.92. The van der Waals surface area contributed by atoms with Crippen LogP contribution < -0.4 is 4.74 Å². The Kier molecular flexibility index (Phi) is 7.56. The van der Waals surface area contributed by atoms with Crippen molar-refractivity contribution in [2.24, 2.45) is 0 Å². The molecule has 0 radical (unpaired) electrons. The minimum Gasteiger partial charge on any atom is -0.508 e. The molecule has 25 heavy (non-hydrogen) atoms. The number of ether oxygens (including phenoxy) is 1. The summed E-state index contributed by atoms with van der Waals surface area (Å²) in [6.07, 6.45) is 0. The first-order chi connectivity index (χ1) is 12.0. The highest BCUT2D eigenvalue weighted by Gasteiger charge is 2.11. The maximum atomic E-state index is 9.93. The lowest BCUT2D eigenvalue weighted by Gasteiger charge is -2.22. The average Bonchev–Trinajstić information content (AvgIpc) is 2.58. The Morgan fingerprint density at radius 1 is 1.04 bits per heavy atom. The van der Waals surface area contributed by atoms with Gasteiger partial charge < -0.3 is 14.7 Å². The van der Waals surface area contributed by atoms with Gasteiger partial charge in [-0.3, -0.25) is 4.90 Å². The second-order valence-electron chi connectivity index (χ2n) is 6.30. The predicted octanol–water partition coefficient (Wildman–Crippen LogP) is 4.01. The first-order valence-electron chi connectivity index (χ1n) is 8.55. The van der Waals surface area contributed by atoms with E-state index in [1.54, 1.807) is 6.07 Å². The van der Waals surface area contributed by atoms with E-state index in [4.69, 9.17) is 16.3 Å². The van der Waals surface area contributed by atoms with Crippen molar-refractivity contribution < 1.29 is 9.84 Å². The molecule has 0 bridgehead atoms. The van der Waals surface area contributed by atoms with Crippen LogP contribution in [0.4, 0.5) is 0 Å². The van der Waals surface area contributed by atoms with Crippen molar-refractivity contribution in [3.63, 3.8) is 0 Å². The van der Waals surface area contributed by atoms with Crippen LogP contribution in [0.1, 0.15) is 18.1 Å². The number of likely N-dealkylation sites (N-methyl/N-ethyl adjacent to an activating group) is 1. The molecular weight excluding hydrogens is 336 g/mol. The van der Waals surface area contributed by atoms with Crippen LogP contribution in [-0.2, 0) is 13.1 Å². The van der Waals surface area contributed by atoms with E-state index in [1.807, 2.05) is 50.5 Å². The van der Waals surface area contributed by atoms with Crippen LogP contribution >= 0.6 is 11.6 Å². The SMILES string of the molecule is CCN(CCOc1cccc(Cl)c1CN(C)C)Cc1ccccc1O. The van der Waals surface area contributed by atoms with Gasteiger partial charge in [-0.25, -0.2) is 0 Å². The van der Waals surface area contributed by atoms with E-state index in [2.05, 4.69) is 16.7 Å². The van der Waals surface area contributed by atoms with Gasteiger partial charge in [-0.2, -0.15) is 0 Å². The van der Waals surface area contributed by atoms with Gasteiger partial charge in [-0.05, 0) is 38.8 Å². The topological polar surface area (TPSA) is 35.9 Å². The molecule has 2 aromatic carbocycles. The number of hydrogen-bond acceptors (Lipinski definition) is 4. The molecule has 0 amide bonds. The smallest absolute Gasteiger partial charge is 0.125 e. The minimum atomic E-state index is 0.338. The highest BCUT2D eigenvalue weighted by Crippen LogP contribution is 2.27. The zero-order valence-electron chi connectivity index (χ0n) is 15.2. The molecule has 4 nitrogen and oxygen atoms in total. The Morgan fingerprint density at radius 2 is 1.80 bits per heavy atom. The fourth-order valence-electron chi connectivity index (χ4n) is 2.66. The number of phenols is 1. The number of aromatic hydroxyl groups is 1. The lowest BCUT2D eigenvalue weighted by molar-refractivity contribution is 0.206. The van der Waals surface area contributed by atoms with Crippen molar-refractivity contribution in [1.82, 2.24) is 9.80 Å². The van der Waals surface area contributed by atoms with Crippen molar-refractivity contribution in [3.8, 4) is 11.5 Å². The zero-order valence-corrected chi connectivity index (χ0v) is 16.0. The van der Waals surface area contributed by atoms with E-state index in [0.29, 0.717) is 18.9 Å². The third-order valence-electron chi connectivity index (χ3n) is 4.05. The lowest BCUT2D eigenvalue weighted by Crippen LogP contribution is -2.28. The summed E-state index contributed by atoms with van der Waals surface area (Å²) in [5, 5.41) is 10.7. The molecule has 0 aliphatic carbocycles. The highest BCUT2D eigenvalue weighted by molar-refractivity contribution is 6.31. The molecule has 0 aliphatic rings. The number of para-hydroxylation sites is 1. The highest BCUT2D eigenvalue weighted by atomic mass is 35.5. The van der Waals surface area contributed by atoms with Crippen LogP contribution in [0.3, 0.4) is 0 Å². The molecular formula is C20H27ClN2O2. The average molecular weight is 363 g/mol. The summed E-state index contributed by atoms with van der Waals surface area (Å²) < 4.78 is 6.00. The molecule has 1 N–H and O–H groups in total. The fraction of sp³-hybridized carbons (Fsp3) is 0.400. The predicted molar refractivity (Wildman–Crippen MR) is 103 cm³/mol. The summed E-state index contributed by atoms with van der Waals surface area (Å²) in [6.45, 7) is 5.78. The maximum Gasteiger partial charge on any atom is 0.125 e. The second kappa shape index (κ2) is 9.66. The van der Waals surface area contributed by atoms with Crippen LogP contribution in [0, 0.1) is 0 Å². The molecule has 0 aromatic heterocycles. The van der Waals surface area contributed by atoms with E-state index in [9.17, 15) is 5.11 Å². The summed E-state index contributed by atoms with van der Waals surface area (Å²) in [5.41, 5.74) is 1.94. The molecule has 0 heterocycles. The summed E-state index contributed by atoms with van der Waals surface area (Å²) in [6, 6.07) is 13.2. The van der Waals surface area contributed by atoms with E-state index in [-0.39, 0.29) is 0 Å². The quantitative estimate of drug-likeness (QED) is 0.731. The number of phenolic OH excluding ortho intramolecular Hbond substituents is 1. The molecule has 5 heteroatoms. The van der Waals surface area contributed by atoms with Gasteiger partial charge in [0.15, 0.2) is 0 Å². The summed E-state index contributed by atoms with van der Waals surface area (Å²) >= 11 is 6.32. The molecule has 0 saturated heterocycles. The van der Waals surface area contributed by atoms with E-state index in [0.717, 1.165) is 41.5 Å². The summed E-state index contributed by atoms with van der Waals surface area (Å²) in [4.78, 5) is 4.32. The maximum absolute atomic E-state index is 9.93. The largest absolute Gasteiger partial charge is 0.508 e. The Balaban J connectivity index is 1.95. The van der Waals surface area contributed by atoms with Crippen molar-refractivity contribution in [1.29, 1.82) is 0 Å². The lowest BCUT2D eigenvalue weighted by atomic mass is 10.2. The fourth-order valence-corrected chi connectivity index (χ4v) is 2.89. The first kappa shape index (κ1) is 19.6. The van der Waals surface area contributed by atoms with Crippen molar-refractivity contribution in [2.45, 2.75) is 20.0 Å². The van der Waals surface area contributed by atoms with Gasteiger partial charge in [-0.1, -0.05) is 42.8 Å². The number of nitrogens with zero attached hydrogens (tertiary/aromatic N) is 2. The first-order valence-corrected chi connectivity index (χ1v) is 8.93. The van der Waals surface area contributed by atoms with Crippen molar-refractivity contribution in [2.75, 3.05) is 33.8 Å². The Bertz CT molecular complexity index is 676. The van der Waals surface area contributed by atoms with E-state index in [1.165, 1.54) is 0 Å². The van der Waals surface area contributed by atoms with Gasteiger partial charge in [0.2, 0.25) is 0 Å². The van der Waals surface area contributed by atoms with Crippen LogP contribution in [0.25, 0.3) is 0 Å². The molecule has 136 valence electrons.